The summed E-state index contributed by atoms with van der Waals surface area (Å²) in [6.45, 7) is 4.46. The highest BCUT2D eigenvalue weighted by Gasteiger charge is 2.24. The summed E-state index contributed by atoms with van der Waals surface area (Å²) >= 11 is 1.78. The molecule has 1 aliphatic rings. The Labute approximate surface area is 161 Å². The molecule has 1 saturated carbocycles. The Kier molecular flexibility index (Phi) is 10.9. The predicted molar refractivity (Wildman–Crippen MR) is 110 cm³/mol. The number of guanidine groups is 1. The molecule has 0 spiro atoms. The molecule has 1 aliphatic carbocycles. The Balaban J connectivity index is 0.00000264. The van der Waals surface area contributed by atoms with Crippen molar-refractivity contribution in [2.24, 2.45) is 16.6 Å². The number of hydrogen-bond donors (Lipinski definition) is 2. The molecule has 0 bridgehead atoms. The maximum absolute atomic E-state index is 5.93. The quantitative estimate of drug-likeness (QED) is 0.341. The van der Waals surface area contributed by atoms with Crippen molar-refractivity contribution in [1.29, 1.82) is 0 Å². The van der Waals surface area contributed by atoms with Gasteiger partial charge in [-0.25, -0.2) is 0 Å². The minimum absolute atomic E-state index is 0. The van der Waals surface area contributed by atoms with Crippen LogP contribution in [-0.4, -0.2) is 31.8 Å². The second-order valence-corrected chi connectivity index (χ2v) is 6.88. The molecule has 4 nitrogen and oxygen atoms in total. The molecule has 1 aromatic rings. The van der Waals surface area contributed by atoms with Crippen molar-refractivity contribution in [3.05, 3.63) is 22.4 Å². The fourth-order valence-electron chi connectivity index (χ4n) is 3.14. The lowest BCUT2D eigenvalue weighted by Gasteiger charge is -2.22. The number of aliphatic imine (C=N–C) groups is 1. The summed E-state index contributed by atoms with van der Waals surface area (Å²) in [5.74, 6) is 1.28. The van der Waals surface area contributed by atoms with Crippen molar-refractivity contribution in [3.63, 3.8) is 0 Å². The second kappa shape index (κ2) is 12.1. The van der Waals surface area contributed by atoms with E-state index in [4.69, 9.17) is 10.5 Å². The average Bonchev–Trinajstić information content (AvgIpc) is 3.20. The molecule has 6 heteroatoms. The fourth-order valence-corrected chi connectivity index (χ4v) is 3.84. The van der Waals surface area contributed by atoms with Crippen molar-refractivity contribution in [1.82, 2.24) is 5.32 Å². The number of halogens is 1. The van der Waals surface area contributed by atoms with Gasteiger partial charge in [-0.3, -0.25) is 4.99 Å². The van der Waals surface area contributed by atoms with Gasteiger partial charge in [-0.1, -0.05) is 18.9 Å². The first-order valence-electron chi connectivity index (χ1n) is 8.47. The van der Waals surface area contributed by atoms with Crippen LogP contribution in [0.5, 0.6) is 0 Å². The van der Waals surface area contributed by atoms with E-state index in [1.807, 2.05) is 0 Å². The Morgan fingerprint density at radius 1 is 1.48 bits per heavy atom. The average molecular weight is 451 g/mol. The number of nitrogens with two attached hydrogens (primary N) is 1. The molecule has 1 unspecified atom stereocenters. The van der Waals surface area contributed by atoms with Crippen LogP contribution in [0, 0.1) is 5.92 Å². The van der Waals surface area contributed by atoms with Crippen LogP contribution in [0.25, 0.3) is 0 Å². The standard InChI is InChI=1S/C17H29N3OS.HI/c1-2-21-16(14-6-3-4-7-14)10-12-20-17(18)19-11-9-15-8-5-13-22-15;/h5,8,13-14,16H,2-4,6-7,9-12H2,1H3,(H3,18,19,20);1H. The number of hydrogen-bond acceptors (Lipinski definition) is 3. The summed E-state index contributed by atoms with van der Waals surface area (Å²) in [7, 11) is 0. The highest BCUT2D eigenvalue weighted by atomic mass is 127. The van der Waals surface area contributed by atoms with E-state index < -0.39 is 0 Å². The Bertz CT molecular complexity index is 433. The SMILES string of the molecule is CCOC(CCN=C(N)NCCc1cccs1)C1CCCC1.I. The van der Waals surface area contributed by atoms with Gasteiger partial charge in [-0.05, 0) is 50.0 Å². The highest BCUT2D eigenvalue weighted by molar-refractivity contribution is 14.0. The van der Waals surface area contributed by atoms with Crippen LogP contribution in [-0.2, 0) is 11.2 Å². The zero-order chi connectivity index (χ0) is 15.6. The van der Waals surface area contributed by atoms with Gasteiger partial charge in [-0.15, -0.1) is 35.3 Å². The zero-order valence-corrected chi connectivity index (χ0v) is 17.1. The van der Waals surface area contributed by atoms with Crippen LogP contribution in [0.2, 0.25) is 0 Å². The lowest BCUT2D eigenvalue weighted by Crippen LogP contribution is -2.33. The lowest BCUT2D eigenvalue weighted by molar-refractivity contribution is 0.0177. The molecule has 0 amide bonds. The van der Waals surface area contributed by atoms with Gasteiger partial charge in [-0.2, -0.15) is 0 Å². The van der Waals surface area contributed by atoms with Gasteiger partial charge in [0.15, 0.2) is 5.96 Å². The summed E-state index contributed by atoms with van der Waals surface area (Å²) in [5, 5.41) is 5.29. The first-order valence-corrected chi connectivity index (χ1v) is 9.35. The molecule has 1 atom stereocenters. The molecule has 23 heavy (non-hydrogen) atoms. The normalized spacial score (nSPS) is 17.0. The van der Waals surface area contributed by atoms with Crippen LogP contribution in [0.15, 0.2) is 22.5 Å². The van der Waals surface area contributed by atoms with E-state index in [9.17, 15) is 0 Å². The summed E-state index contributed by atoms with van der Waals surface area (Å²) in [6, 6.07) is 4.22. The van der Waals surface area contributed by atoms with Crippen molar-refractivity contribution in [2.45, 2.75) is 51.6 Å². The van der Waals surface area contributed by atoms with Crippen LogP contribution in [0.1, 0.15) is 43.9 Å². The molecule has 0 aliphatic heterocycles. The summed E-state index contributed by atoms with van der Waals surface area (Å²) < 4.78 is 5.91. The number of thiophene rings is 1. The van der Waals surface area contributed by atoms with E-state index in [-0.39, 0.29) is 24.0 Å². The molecule has 132 valence electrons. The van der Waals surface area contributed by atoms with Gasteiger partial charge in [0, 0.05) is 24.6 Å². The van der Waals surface area contributed by atoms with E-state index in [1.54, 1.807) is 11.3 Å². The molecule has 3 N–H and O–H groups in total. The van der Waals surface area contributed by atoms with Crippen LogP contribution in [0.3, 0.4) is 0 Å². The van der Waals surface area contributed by atoms with Crippen molar-refractivity contribution in [3.8, 4) is 0 Å². The number of ether oxygens (including phenoxy) is 1. The minimum atomic E-state index is 0. The molecular formula is C17H30IN3OS. The van der Waals surface area contributed by atoms with E-state index in [0.717, 1.165) is 38.5 Å². The first kappa shape index (κ1) is 20.7. The Morgan fingerprint density at radius 3 is 2.91 bits per heavy atom. The van der Waals surface area contributed by atoms with Gasteiger partial charge >= 0.3 is 0 Å². The summed E-state index contributed by atoms with van der Waals surface area (Å²) in [5.41, 5.74) is 5.93. The van der Waals surface area contributed by atoms with Gasteiger partial charge in [0.2, 0.25) is 0 Å². The third kappa shape index (κ3) is 7.85. The smallest absolute Gasteiger partial charge is 0.188 e. The minimum Gasteiger partial charge on any atom is -0.378 e. The molecule has 0 radical (unpaired) electrons. The van der Waals surface area contributed by atoms with Crippen molar-refractivity contribution in [2.75, 3.05) is 19.7 Å². The largest absolute Gasteiger partial charge is 0.378 e. The molecule has 0 aromatic carbocycles. The van der Waals surface area contributed by atoms with Crippen molar-refractivity contribution < 1.29 is 4.74 Å². The molecule has 1 heterocycles. The maximum atomic E-state index is 5.93. The van der Waals surface area contributed by atoms with Crippen LogP contribution >= 0.6 is 35.3 Å². The highest BCUT2D eigenvalue weighted by Crippen LogP contribution is 2.30. The lowest BCUT2D eigenvalue weighted by atomic mass is 9.98. The topological polar surface area (TPSA) is 59.6 Å². The molecule has 1 fully saturated rings. The van der Waals surface area contributed by atoms with Crippen LogP contribution < -0.4 is 11.1 Å². The number of rotatable bonds is 9. The zero-order valence-electron chi connectivity index (χ0n) is 14.0. The van der Waals surface area contributed by atoms with Gasteiger partial charge in [0.1, 0.15) is 0 Å². The van der Waals surface area contributed by atoms with Crippen molar-refractivity contribution >= 4 is 41.3 Å². The number of nitrogens with one attached hydrogen (secondary N) is 1. The first-order chi connectivity index (χ1) is 10.8. The molecule has 1 aromatic heterocycles. The Hall–Kier alpha value is -0.340. The third-order valence-electron chi connectivity index (χ3n) is 4.26. The molecule has 0 saturated heterocycles. The van der Waals surface area contributed by atoms with E-state index in [1.165, 1.54) is 30.6 Å². The van der Waals surface area contributed by atoms with Gasteiger partial charge in [0.05, 0.1) is 6.10 Å². The van der Waals surface area contributed by atoms with E-state index >= 15 is 0 Å². The predicted octanol–water partition coefficient (Wildman–Crippen LogP) is 3.80. The monoisotopic (exact) mass is 451 g/mol. The van der Waals surface area contributed by atoms with Gasteiger partial charge < -0.3 is 15.8 Å². The van der Waals surface area contributed by atoms with Gasteiger partial charge in [0.25, 0.3) is 0 Å². The maximum Gasteiger partial charge on any atom is 0.188 e. The van der Waals surface area contributed by atoms with Crippen LogP contribution in [0.4, 0.5) is 0 Å². The fraction of sp³-hybridized carbons (Fsp3) is 0.706. The third-order valence-corrected chi connectivity index (χ3v) is 5.20. The second-order valence-electron chi connectivity index (χ2n) is 5.85. The summed E-state index contributed by atoms with van der Waals surface area (Å²) in [4.78, 5) is 5.82. The molecular weight excluding hydrogens is 421 g/mol. The Morgan fingerprint density at radius 2 is 2.26 bits per heavy atom. The van der Waals surface area contributed by atoms with E-state index in [0.29, 0.717) is 12.1 Å². The summed E-state index contributed by atoms with van der Waals surface area (Å²) in [6.07, 6.45) is 7.65. The molecule has 2 rings (SSSR count). The number of nitrogens with zero attached hydrogens (tertiary/aromatic N) is 1. The van der Waals surface area contributed by atoms with E-state index in [2.05, 4.69) is 34.7 Å².